The zero-order chi connectivity index (χ0) is 21.0. The number of hydrazone groups is 1. The van der Waals surface area contributed by atoms with Gasteiger partial charge in [0.25, 0.3) is 11.1 Å². The van der Waals surface area contributed by atoms with Crippen LogP contribution in [0.2, 0.25) is 0 Å². The molecule has 1 fully saturated rings. The molecule has 3 aromatic rings. The van der Waals surface area contributed by atoms with Crippen molar-refractivity contribution in [1.82, 2.24) is 28.2 Å². The summed E-state index contributed by atoms with van der Waals surface area (Å²) in [5.74, 6) is -0.0755. The molecule has 0 aliphatic heterocycles. The van der Waals surface area contributed by atoms with Gasteiger partial charge >= 0.3 is 5.69 Å². The van der Waals surface area contributed by atoms with Gasteiger partial charge in [-0.1, -0.05) is 0 Å². The normalized spacial score (nSPS) is 14.2. The minimum atomic E-state index is -0.573. The van der Waals surface area contributed by atoms with E-state index in [1.54, 1.807) is 7.05 Å². The van der Waals surface area contributed by atoms with Gasteiger partial charge in [-0.05, 0) is 25.1 Å². The molecule has 1 aliphatic carbocycles. The van der Waals surface area contributed by atoms with Crippen molar-refractivity contribution in [3.05, 3.63) is 41.5 Å². The number of aromatic amines is 1. The molecule has 4 rings (SSSR count). The molecule has 0 radical (unpaired) electrons. The summed E-state index contributed by atoms with van der Waals surface area (Å²) in [7, 11) is 4.49. The molecule has 3 N–H and O–H groups in total. The number of imidazole rings is 1. The van der Waals surface area contributed by atoms with Crippen molar-refractivity contribution in [3.8, 4) is 5.88 Å². The Balaban J connectivity index is 1.74. The number of fused-ring (bicyclic) bond motifs is 1. The van der Waals surface area contributed by atoms with Gasteiger partial charge in [0, 0.05) is 27.2 Å². The second kappa shape index (κ2) is 6.55. The number of anilines is 1. The number of H-pyrrole nitrogens is 1. The maximum Gasteiger partial charge on any atom is 0.332 e. The zero-order valence-electron chi connectivity index (χ0n) is 15.8. The number of hydrogen-bond donors (Lipinski definition) is 3. The van der Waals surface area contributed by atoms with E-state index in [1.807, 2.05) is 0 Å². The third-order valence-electron chi connectivity index (χ3n) is 4.90. The van der Waals surface area contributed by atoms with Crippen LogP contribution in [0.3, 0.4) is 0 Å². The number of nitrogens with zero attached hydrogens (tertiary/aromatic N) is 6. The third-order valence-corrected chi connectivity index (χ3v) is 5.20. The minimum absolute atomic E-state index is 0.0555. The SMILES string of the molecule is Cn1c(=O)c2c(nc(NN=Cc3c(O)n(C4CC4)c(=S)[nH]c3=O)n2C)n(C)c1=O. The van der Waals surface area contributed by atoms with E-state index in [-0.39, 0.29) is 39.4 Å². The second-order valence-electron chi connectivity index (χ2n) is 6.84. The molecule has 0 bridgehead atoms. The standard InChI is InChI=1S/C16H18N8O4S/c1-21-9-10(22(2)16(28)23(3)13(9)27)18-14(21)20-17-6-8-11(25)19-15(29)24(12(8)26)7-4-5-7/h6-7,26H,4-5H2,1-3H3,(H,18,20)(H,19,25,29). The Morgan fingerprint density at radius 1 is 1.21 bits per heavy atom. The van der Waals surface area contributed by atoms with E-state index < -0.39 is 16.8 Å². The van der Waals surface area contributed by atoms with Crippen LogP contribution in [0.15, 0.2) is 19.5 Å². The Labute approximate surface area is 167 Å². The van der Waals surface area contributed by atoms with E-state index in [4.69, 9.17) is 12.2 Å². The van der Waals surface area contributed by atoms with Crippen LogP contribution in [-0.2, 0) is 21.1 Å². The van der Waals surface area contributed by atoms with Gasteiger partial charge in [-0.2, -0.15) is 10.1 Å². The highest BCUT2D eigenvalue weighted by atomic mass is 32.1. The van der Waals surface area contributed by atoms with Crippen molar-refractivity contribution < 1.29 is 5.11 Å². The average Bonchev–Trinajstić information content (AvgIpc) is 3.44. The molecule has 13 heteroatoms. The lowest BCUT2D eigenvalue weighted by molar-refractivity contribution is 0.405. The molecule has 3 aromatic heterocycles. The summed E-state index contributed by atoms with van der Waals surface area (Å²) in [6.07, 6.45) is 2.89. The summed E-state index contributed by atoms with van der Waals surface area (Å²) in [6, 6.07) is 0.0665. The van der Waals surface area contributed by atoms with Gasteiger partial charge in [-0.3, -0.25) is 28.3 Å². The van der Waals surface area contributed by atoms with Crippen LogP contribution in [0, 0.1) is 4.77 Å². The molecule has 1 saturated carbocycles. The van der Waals surface area contributed by atoms with Crippen molar-refractivity contribution in [3.63, 3.8) is 0 Å². The maximum absolute atomic E-state index is 12.4. The van der Waals surface area contributed by atoms with E-state index in [2.05, 4.69) is 20.5 Å². The topological polar surface area (TPSA) is 144 Å². The molecule has 12 nitrogen and oxygen atoms in total. The summed E-state index contributed by atoms with van der Waals surface area (Å²) in [5.41, 5.74) is 1.43. The van der Waals surface area contributed by atoms with Gasteiger partial charge in [0.15, 0.2) is 15.9 Å². The van der Waals surface area contributed by atoms with Crippen LogP contribution in [0.5, 0.6) is 5.88 Å². The Hall–Kier alpha value is -3.48. The lowest BCUT2D eigenvalue weighted by atomic mass is 10.3. The Kier molecular flexibility index (Phi) is 4.26. The molecule has 3 heterocycles. The van der Waals surface area contributed by atoms with E-state index in [9.17, 15) is 19.5 Å². The molecule has 152 valence electrons. The number of rotatable bonds is 4. The third kappa shape index (κ3) is 2.90. The quantitative estimate of drug-likeness (QED) is 0.299. The first-order chi connectivity index (χ1) is 13.7. The number of hydrogen-bond acceptors (Lipinski definition) is 8. The summed E-state index contributed by atoms with van der Waals surface area (Å²) < 4.78 is 5.35. The van der Waals surface area contributed by atoms with Gasteiger partial charge in [0.2, 0.25) is 11.8 Å². The van der Waals surface area contributed by atoms with E-state index in [0.29, 0.717) is 0 Å². The maximum atomic E-state index is 12.4. The lowest BCUT2D eigenvalue weighted by Crippen LogP contribution is -2.37. The van der Waals surface area contributed by atoms with E-state index in [1.165, 1.54) is 27.8 Å². The first-order valence-corrected chi connectivity index (χ1v) is 9.12. The number of nitrogens with one attached hydrogen (secondary N) is 2. The van der Waals surface area contributed by atoms with E-state index in [0.717, 1.165) is 23.6 Å². The summed E-state index contributed by atoms with van der Waals surface area (Å²) in [6.45, 7) is 0. The summed E-state index contributed by atoms with van der Waals surface area (Å²) >= 11 is 5.11. The van der Waals surface area contributed by atoms with Gasteiger partial charge < -0.3 is 9.67 Å². The Bertz CT molecular complexity index is 1420. The lowest BCUT2D eigenvalue weighted by Gasteiger charge is -2.09. The molecule has 0 unspecified atom stereocenters. The van der Waals surface area contributed by atoms with Crippen LogP contribution in [0.4, 0.5) is 5.95 Å². The molecular formula is C16H18N8O4S. The molecule has 1 aliphatic rings. The highest BCUT2D eigenvalue weighted by Crippen LogP contribution is 2.37. The van der Waals surface area contributed by atoms with Crippen LogP contribution in [-0.4, -0.2) is 39.6 Å². The number of aromatic hydroxyl groups is 1. The molecule has 0 atom stereocenters. The Morgan fingerprint density at radius 2 is 1.90 bits per heavy atom. The summed E-state index contributed by atoms with van der Waals surface area (Å²) in [5, 5.41) is 14.4. The van der Waals surface area contributed by atoms with Crippen LogP contribution < -0.4 is 22.2 Å². The second-order valence-corrected chi connectivity index (χ2v) is 7.23. The van der Waals surface area contributed by atoms with Crippen molar-refractivity contribution in [2.24, 2.45) is 26.2 Å². The molecule has 0 spiro atoms. The fourth-order valence-corrected chi connectivity index (χ4v) is 3.44. The minimum Gasteiger partial charge on any atom is -0.494 e. The molecule has 0 amide bonds. The van der Waals surface area contributed by atoms with Crippen LogP contribution in [0.25, 0.3) is 11.2 Å². The first-order valence-electron chi connectivity index (χ1n) is 8.71. The number of aromatic nitrogens is 6. The predicted molar refractivity (Wildman–Crippen MR) is 108 cm³/mol. The fraction of sp³-hybridized carbons (Fsp3) is 0.375. The van der Waals surface area contributed by atoms with E-state index >= 15 is 0 Å². The average molecular weight is 418 g/mol. The van der Waals surface area contributed by atoms with Crippen molar-refractivity contribution in [1.29, 1.82) is 0 Å². The van der Waals surface area contributed by atoms with Gasteiger partial charge in [0.1, 0.15) is 5.56 Å². The van der Waals surface area contributed by atoms with Gasteiger partial charge in [0.05, 0.1) is 6.21 Å². The van der Waals surface area contributed by atoms with Crippen molar-refractivity contribution >= 4 is 35.5 Å². The van der Waals surface area contributed by atoms with Crippen molar-refractivity contribution in [2.45, 2.75) is 18.9 Å². The molecule has 29 heavy (non-hydrogen) atoms. The van der Waals surface area contributed by atoms with Crippen LogP contribution in [0.1, 0.15) is 24.4 Å². The highest BCUT2D eigenvalue weighted by Gasteiger charge is 2.27. The smallest absolute Gasteiger partial charge is 0.332 e. The van der Waals surface area contributed by atoms with Crippen molar-refractivity contribution in [2.75, 3.05) is 5.43 Å². The molecular weight excluding hydrogens is 400 g/mol. The number of aryl methyl sites for hydroxylation is 2. The van der Waals surface area contributed by atoms with Gasteiger partial charge in [-0.15, -0.1) is 0 Å². The van der Waals surface area contributed by atoms with Gasteiger partial charge in [-0.25, -0.2) is 10.2 Å². The largest absolute Gasteiger partial charge is 0.494 e. The van der Waals surface area contributed by atoms with Crippen LogP contribution >= 0.6 is 12.2 Å². The predicted octanol–water partition coefficient (Wildman–Crippen LogP) is -0.324. The molecule has 0 aromatic carbocycles. The summed E-state index contributed by atoms with van der Waals surface area (Å²) in [4.78, 5) is 43.4. The molecule has 0 saturated heterocycles. The highest BCUT2D eigenvalue weighted by molar-refractivity contribution is 7.71. The zero-order valence-corrected chi connectivity index (χ0v) is 16.6. The monoisotopic (exact) mass is 418 g/mol. The fourth-order valence-electron chi connectivity index (χ4n) is 3.11. The Morgan fingerprint density at radius 3 is 2.55 bits per heavy atom. The first kappa shape index (κ1) is 18.9.